The molecule has 122 valence electrons. The molecule has 0 spiro atoms. The van der Waals surface area contributed by atoms with Gasteiger partial charge in [0.15, 0.2) is 0 Å². The van der Waals surface area contributed by atoms with Crippen molar-refractivity contribution in [3.05, 3.63) is 35.5 Å². The normalized spacial score (nSPS) is 18.5. The third-order valence-electron chi connectivity index (χ3n) is 3.79. The summed E-state index contributed by atoms with van der Waals surface area (Å²) < 4.78 is 18.8. The molecule has 0 aliphatic carbocycles. The number of hydrogen-bond donors (Lipinski definition) is 1. The van der Waals surface area contributed by atoms with Crippen molar-refractivity contribution in [1.29, 1.82) is 0 Å². The molecule has 1 saturated heterocycles. The molecule has 1 atom stereocenters. The number of halogens is 1. The molecular weight excluding hydrogens is 317 g/mol. The Kier molecular flexibility index (Phi) is 4.95. The van der Waals surface area contributed by atoms with Crippen LogP contribution in [0, 0.1) is 12.7 Å². The van der Waals surface area contributed by atoms with E-state index >= 15 is 0 Å². The second kappa shape index (κ2) is 7.12. The van der Waals surface area contributed by atoms with Gasteiger partial charge in [-0.1, -0.05) is 23.7 Å². The Morgan fingerprint density at radius 3 is 3.13 bits per heavy atom. The van der Waals surface area contributed by atoms with Crippen molar-refractivity contribution in [3.63, 3.8) is 0 Å². The van der Waals surface area contributed by atoms with Crippen molar-refractivity contribution < 1.29 is 13.7 Å². The van der Waals surface area contributed by atoms with E-state index in [-0.39, 0.29) is 17.0 Å². The van der Waals surface area contributed by atoms with Gasteiger partial charge in [-0.2, -0.15) is 4.98 Å². The molecule has 1 N–H and O–H groups in total. The molecule has 7 heteroatoms. The van der Waals surface area contributed by atoms with Crippen LogP contribution in [-0.4, -0.2) is 27.8 Å². The van der Waals surface area contributed by atoms with Crippen LogP contribution in [0.25, 0.3) is 11.4 Å². The van der Waals surface area contributed by atoms with Gasteiger partial charge in [0.1, 0.15) is 5.82 Å². The minimum atomic E-state index is -0.293. The summed E-state index contributed by atoms with van der Waals surface area (Å²) in [5.74, 6) is 1.07. The highest BCUT2D eigenvalue weighted by Crippen LogP contribution is 2.25. The van der Waals surface area contributed by atoms with Crippen molar-refractivity contribution in [1.82, 2.24) is 15.5 Å². The second-order valence-corrected chi connectivity index (χ2v) is 6.75. The Balaban J connectivity index is 1.65. The highest BCUT2D eigenvalue weighted by atomic mass is 32.2. The van der Waals surface area contributed by atoms with Gasteiger partial charge in [0.05, 0.1) is 11.0 Å². The minimum Gasteiger partial charge on any atom is -0.355 e. The van der Waals surface area contributed by atoms with E-state index < -0.39 is 0 Å². The number of rotatable bonds is 4. The number of benzene rings is 1. The predicted octanol–water partition coefficient (Wildman–Crippen LogP) is 3.09. The van der Waals surface area contributed by atoms with Crippen molar-refractivity contribution in [3.8, 4) is 11.4 Å². The highest BCUT2D eigenvalue weighted by molar-refractivity contribution is 7.99. The lowest BCUT2D eigenvalue weighted by Crippen LogP contribution is -2.30. The average molecular weight is 335 g/mol. The lowest BCUT2D eigenvalue weighted by atomic mass is 10.1. The zero-order chi connectivity index (χ0) is 16.2. The summed E-state index contributed by atoms with van der Waals surface area (Å²) in [6.45, 7) is 2.45. The predicted molar refractivity (Wildman–Crippen MR) is 86.4 cm³/mol. The van der Waals surface area contributed by atoms with Gasteiger partial charge in [-0.05, 0) is 31.4 Å². The molecule has 1 amide bonds. The number of carbonyl (C=O) groups excluding carboxylic acids is 1. The van der Waals surface area contributed by atoms with Gasteiger partial charge in [0, 0.05) is 12.1 Å². The number of amides is 1. The van der Waals surface area contributed by atoms with Gasteiger partial charge >= 0.3 is 0 Å². The van der Waals surface area contributed by atoms with Gasteiger partial charge in [-0.25, -0.2) is 4.39 Å². The number of nitrogens with zero attached hydrogens (tertiary/aromatic N) is 2. The first-order valence-corrected chi connectivity index (χ1v) is 8.67. The van der Waals surface area contributed by atoms with Crippen LogP contribution >= 0.6 is 11.8 Å². The Hall–Kier alpha value is -1.89. The maximum atomic E-state index is 13.6. The Bertz CT molecular complexity index is 704. The fourth-order valence-electron chi connectivity index (χ4n) is 2.40. The van der Waals surface area contributed by atoms with Crippen LogP contribution in [0.5, 0.6) is 0 Å². The Morgan fingerprint density at radius 2 is 2.30 bits per heavy atom. The van der Waals surface area contributed by atoms with Crippen molar-refractivity contribution in [2.24, 2.45) is 0 Å². The summed E-state index contributed by atoms with van der Waals surface area (Å²) in [6, 6.07) is 4.85. The molecule has 1 aromatic carbocycles. The van der Waals surface area contributed by atoms with Gasteiger partial charge in [-0.15, -0.1) is 11.8 Å². The Morgan fingerprint density at radius 1 is 1.43 bits per heavy atom. The lowest BCUT2D eigenvalue weighted by molar-refractivity contribution is -0.120. The lowest BCUT2D eigenvalue weighted by Gasteiger charge is -2.10. The van der Waals surface area contributed by atoms with E-state index in [1.54, 1.807) is 19.1 Å². The molecule has 1 aliphatic heterocycles. The van der Waals surface area contributed by atoms with E-state index in [2.05, 4.69) is 15.5 Å². The Labute approximate surface area is 138 Å². The summed E-state index contributed by atoms with van der Waals surface area (Å²) in [5, 5.41) is 6.72. The third kappa shape index (κ3) is 3.90. The van der Waals surface area contributed by atoms with Crippen LogP contribution in [0.4, 0.5) is 4.39 Å². The number of aromatic nitrogens is 2. The molecule has 23 heavy (non-hydrogen) atoms. The van der Waals surface area contributed by atoms with E-state index in [0.717, 1.165) is 25.8 Å². The van der Waals surface area contributed by atoms with E-state index in [1.165, 1.54) is 17.8 Å². The molecule has 2 aromatic rings. The zero-order valence-electron chi connectivity index (χ0n) is 12.8. The quantitative estimate of drug-likeness (QED) is 0.930. The van der Waals surface area contributed by atoms with Gasteiger partial charge in [-0.3, -0.25) is 4.79 Å². The standard InChI is InChI=1S/C16H18FN3O2S/c1-10-5-6-11(8-12(10)17)15-19-14(22-20-15)9-23-13-4-2-3-7-18-16(13)21/h5-6,8,13H,2-4,7,9H2,1H3,(H,18,21)/t13-/m0/s1. The molecule has 0 radical (unpaired) electrons. The monoisotopic (exact) mass is 335 g/mol. The SMILES string of the molecule is Cc1ccc(-c2noc(CS[C@H]3CCCCNC3=O)n2)cc1F. The van der Waals surface area contributed by atoms with Crippen LogP contribution in [0.2, 0.25) is 0 Å². The van der Waals surface area contributed by atoms with Gasteiger partial charge in [0.2, 0.25) is 17.6 Å². The molecule has 2 heterocycles. The molecule has 0 bridgehead atoms. The van der Waals surface area contributed by atoms with Crippen molar-refractivity contribution >= 4 is 17.7 Å². The molecule has 3 rings (SSSR count). The molecule has 1 aromatic heterocycles. The van der Waals surface area contributed by atoms with Crippen LogP contribution in [0.15, 0.2) is 22.7 Å². The number of hydrogen-bond acceptors (Lipinski definition) is 5. The molecule has 0 saturated carbocycles. The van der Waals surface area contributed by atoms with E-state index in [4.69, 9.17) is 4.52 Å². The summed E-state index contributed by atoms with van der Waals surface area (Å²) >= 11 is 1.50. The summed E-state index contributed by atoms with van der Waals surface area (Å²) in [5.41, 5.74) is 1.16. The van der Waals surface area contributed by atoms with Crippen molar-refractivity contribution in [2.75, 3.05) is 6.54 Å². The first kappa shape index (κ1) is 16.0. The summed E-state index contributed by atoms with van der Waals surface area (Å²) in [7, 11) is 0. The van der Waals surface area contributed by atoms with Gasteiger partial charge in [0.25, 0.3) is 0 Å². The smallest absolute Gasteiger partial charge is 0.236 e. The molecule has 0 unspecified atom stereocenters. The molecule has 5 nitrogen and oxygen atoms in total. The van der Waals surface area contributed by atoms with Gasteiger partial charge < -0.3 is 9.84 Å². The van der Waals surface area contributed by atoms with E-state index in [0.29, 0.717) is 28.6 Å². The molecule has 1 aliphatic rings. The number of aryl methyl sites for hydroxylation is 1. The van der Waals surface area contributed by atoms with Crippen LogP contribution < -0.4 is 5.32 Å². The summed E-state index contributed by atoms with van der Waals surface area (Å²) in [6.07, 6.45) is 2.92. The van der Waals surface area contributed by atoms with Crippen LogP contribution in [-0.2, 0) is 10.5 Å². The maximum absolute atomic E-state index is 13.6. The highest BCUT2D eigenvalue weighted by Gasteiger charge is 2.22. The molecular formula is C16H18FN3O2S. The summed E-state index contributed by atoms with van der Waals surface area (Å²) in [4.78, 5) is 16.2. The van der Waals surface area contributed by atoms with Crippen molar-refractivity contribution in [2.45, 2.75) is 37.2 Å². The first-order valence-electron chi connectivity index (χ1n) is 7.62. The minimum absolute atomic E-state index is 0.0767. The zero-order valence-corrected chi connectivity index (χ0v) is 13.7. The fourth-order valence-corrected chi connectivity index (χ4v) is 3.43. The number of thioether (sulfide) groups is 1. The van der Waals surface area contributed by atoms with E-state index in [9.17, 15) is 9.18 Å². The number of nitrogens with one attached hydrogen (secondary N) is 1. The first-order chi connectivity index (χ1) is 11.1. The van der Waals surface area contributed by atoms with Crippen LogP contribution in [0.1, 0.15) is 30.7 Å². The maximum Gasteiger partial charge on any atom is 0.236 e. The molecule has 1 fully saturated rings. The topological polar surface area (TPSA) is 68.0 Å². The average Bonchev–Trinajstić information content (AvgIpc) is 2.92. The number of carbonyl (C=O) groups is 1. The van der Waals surface area contributed by atoms with E-state index in [1.807, 2.05) is 0 Å². The second-order valence-electron chi connectivity index (χ2n) is 5.56. The van der Waals surface area contributed by atoms with Crippen LogP contribution in [0.3, 0.4) is 0 Å². The largest absolute Gasteiger partial charge is 0.355 e. The fraction of sp³-hybridized carbons (Fsp3) is 0.438. The third-order valence-corrected chi connectivity index (χ3v) is 5.06.